The minimum Gasteiger partial charge on any atom is -0.493 e. The number of ether oxygens (including phenoxy) is 1. The van der Waals surface area contributed by atoms with Crippen molar-refractivity contribution in [2.24, 2.45) is 0 Å². The summed E-state index contributed by atoms with van der Waals surface area (Å²) in [6.45, 7) is 1.19. The largest absolute Gasteiger partial charge is 0.493 e. The van der Waals surface area contributed by atoms with Gasteiger partial charge >= 0.3 is 5.97 Å². The second-order valence-corrected chi connectivity index (χ2v) is 3.92. The molecule has 1 rings (SSSR count). The summed E-state index contributed by atoms with van der Waals surface area (Å²) in [5.74, 6) is -2.01. The van der Waals surface area contributed by atoms with Crippen molar-refractivity contribution in [3.8, 4) is 5.75 Å². The Bertz CT molecular complexity index is 393. The number of aromatic carboxylic acids is 1. The summed E-state index contributed by atoms with van der Waals surface area (Å²) in [4.78, 5) is 12.8. The highest BCUT2D eigenvalue weighted by Crippen LogP contribution is 2.21. The van der Waals surface area contributed by atoms with E-state index < -0.39 is 17.3 Å². The number of carboxylic acids is 1. The fourth-order valence-electron chi connectivity index (χ4n) is 1.40. The number of hydrogen-bond acceptors (Lipinski definition) is 3. The monoisotopic (exact) mass is 241 g/mol. The number of benzene rings is 1. The van der Waals surface area contributed by atoms with E-state index in [2.05, 4.69) is 0 Å². The normalized spacial score (nSPS) is 10.6. The molecule has 1 N–H and O–H groups in total. The van der Waals surface area contributed by atoms with E-state index in [4.69, 9.17) is 9.84 Å². The van der Waals surface area contributed by atoms with Crippen LogP contribution in [0.5, 0.6) is 5.75 Å². The van der Waals surface area contributed by atoms with Gasteiger partial charge in [-0.2, -0.15) is 0 Å². The number of halogens is 1. The first-order chi connectivity index (χ1) is 8.02. The van der Waals surface area contributed by atoms with E-state index >= 15 is 0 Å². The summed E-state index contributed by atoms with van der Waals surface area (Å²) < 4.78 is 18.6. The Morgan fingerprint density at radius 2 is 2.18 bits per heavy atom. The average molecular weight is 241 g/mol. The van der Waals surface area contributed by atoms with Crippen molar-refractivity contribution in [3.05, 3.63) is 29.6 Å². The summed E-state index contributed by atoms with van der Waals surface area (Å²) in [6, 6.07) is 4.00. The Morgan fingerprint density at radius 3 is 2.76 bits per heavy atom. The molecular weight excluding hydrogens is 225 g/mol. The maximum Gasteiger partial charge on any atom is 0.342 e. The molecule has 0 aliphatic heterocycles. The molecule has 1 aromatic carbocycles. The smallest absolute Gasteiger partial charge is 0.342 e. The van der Waals surface area contributed by atoms with Crippen LogP contribution in [0.15, 0.2) is 18.2 Å². The quantitative estimate of drug-likeness (QED) is 0.772. The number of rotatable bonds is 6. The number of carboxylic acid groups (broad SMARTS) is 1. The van der Waals surface area contributed by atoms with Crippen molar-refractivity contribution >= 4 is 5.97 Å². The predicted molar refractivity (Wildman–Crippen MR) is 62.0 cm³/mol. The SMILES string of the molecule is CN(C)CCCOc1cccc(F)c1C(=O)O. The molecule has 17 heavy (non-hydrogen) atoms. The first kappa shape index (κ1) is 13.4. The number of carbonyl (C=O) groups is 1. The van der Waals surface area contributed by atoms with Gasteiger partial charge in [0.1, 0.15) is 17.1 Å². The fraction of sp³-hybridized carbons (Fsp3) is 0.417. The predicted octanol–water partition coefficient (Wildman–Crippen LogP) is 1.85. The molecule has 0 unspecified atom stereocenters. The van der Waals surface area contributed by atoms with Crippen LogP contribution in [0.25, 0.3) is 0 Å². The summed E-state index contributed by atoms with van der Waals surface area (Å²) in [5, 5.41) is 8.86. The van der Waals surface area contributed by atoms with Crippen molar-refractivity contribution in [1.82, 2.24) is 4.90 Å². The third-order valence-electron chi connectivity index (χ3n) is 2.20. The number of hydrogen-bond donors (Lipinski definition) is 1. The van der Waals surface area contributed by atoms with Gasteiger partial charge < -0.3 is 14.7 Å². The molecule has 0 atom stereocenters. The zero-order chi connectivity index (χ0) is 12.8. The van der Waals surface area contributed by atoms with Gasteiger partial charge in [0.2, 0.25) is 0 Å². The van der Waals surface area contributed by atoms with Crippen LogP contribution in [-0.2, 0) is 0 Å². The van der Waals surface area contributed by atoms with Crippen LogP contribution in [0.2, 0.25) is 0 Å². The second-order valence-electron chi connectivity index (χ2n) is 3.92. The van der Waals surface area contributed by atoms with Crippen LogP contribution in [0, 0.1) is 5.82 Å². The van der Waals surface area contributed by atoms with Gasteiger partial charge in [0, 0.05) is 6.54 Å². The van der Waals surface area contributed by atoms with Gasteiger partial charge in [-0.1, -0.05) is 6.07 Å². The molecule has 5 heteroatoms. The van der Waals surface area contributed by atoms with Gasteiger partial charge in [-0.05, 0) is 32.6 Å². The molecule has 0 amide bonds. The topological polar surface area (TPSA) is 49.8 Å². The molecule has 1 aromatic rings. The summed E-state index contributed by atoms with van der Waals surface area (Å²) >= 11 is 0. The summed E-state index contributed by atoms with van der Waals surface area (Å²) in [5.41, 5.74) is -0.405. The van der Waals surface area contributed by atoms with Crippen LogP contribution in [-0.4, -0.2) is 43.2 Å². The third-order valence-corrected chi connectivity index (χ3v) is 2.20. The van der Waals surface area contributed by atoms with E-state index in [1.165, 1.54) is 12.1 Å². The lowest BCUT2D eigenvalue weighted by Crippen LogP contribution is -2.16. The lowest BCUT2D eigenvalue weighted by atomic mass is 10.2. The maximum absolute atomic E-state index is 13.3. The van der Waals surface area contributed by atoms with E-state index in [9.17, 15) is 9.18 Å². The van der Waals surface area contributed by atoms with Crippen LogP contribution < -0.4 is 4.74 Å². The molecule has 0 saturated carbocycles. The maximum atomic E-state index is 13.3. The van der Waals surface area contributed by atoms with Crippen molar-refractivity contribution in [3.63, 3.8) is 0 Å². The minimum atomic E-state index is -1.31. The van der Waals surface area contributed by atoms with Crippen molar-refractivity contribution in [1.29, 1.82) is 0 Å². The molecule has 0 aliphatic rings. The van der Waals surface area contributed by atoms with Gasteiger partial charge in [-0.3, -0.25) is 0 Å². The summed E-state index contributed by atoms with van der Waals surface area (Å²) in [6.07, 6.45) is 0.753. The molecule has 0 spiro atoms. The Labute approximate surface area is 99.6 Å². The van der Waals surface area contributed by atoms with Crippen molar-refractivity contribution < 1.29 is 19.0 Å². The first-order valence-electron chi connectivity index (χ1n) is 5.31. The first-order valence-corrected chi connectivity index (χ1v) is 5.31. The lowest BCUT2D eigenvalue weighted by Gasteiger charge is -2.12. The molecule has 0 aliphatic carbocycles. The summed E-state index contributed by atoms with van der Waals surface area (Å²) in [7, 11) is 3.87. The fourth-order valence-corrected chi connectivity index (χ4v) is 1.40. The molecule has 0 saturated heterocycles. The van der Waals surface area contributed by atoms with Crippen LogP contribution >= 0.6 is 0 Å². The van der Waals surface area contributed by atoms with Gasteiger partial charge in [-0.25, -0.2) is 9.18 Å². The van der Waals surface area contributed by atoms with E-state index in [-0.39, 0.29) is 5.75 Å². The van der Waals surface area contributed by atoms with Crippen LogP contribution in [0.4, 0.5) is 4.39 Å². The Morgan fingerprint density at radius 1 is 1.47 bits per heavy atom. The van der Waals surface area contributed by atoms with Gasteiger partial charge in [0.25, 0.3) is 0 Å². The standard InChI is InChI=1S/C12H16FNO3/c1-14(2)7-4-8-17-10-6-3-5-9(13)11(10)12(15)16/h3,5-6H,4,7-8H2,1-2H3,(H,15,16). The highest BCUT2D eigenvalue weighted by atomic mass is 19.1. The lowest BCUT2D eigenvalue weighted by molar-refractivity contribution is 0.0686. The van der Waals surface area contributed by atoms with E-state index in [0.29, 0.717) is 6.61 Å². The third kappa shape index (κ3) is 4.03. The Kier molecular flexibility index (Phi) is 4.90. The molecule has 0 fully saturated rings. The molecule has 0 radical (unpaired) electrons. The zero-order valence-electron chi connectivity index (χ0n) is 9.94. The Balaban J connectivity index is 2.64. The molecular formula is C12H16FNO3. The van der Waals surface area contributed by atoms with Crippen molar-refractivity contribution in [2.45, 2.75) is 6.42 Å². The molecule has 4 nitrogen and oxygen atoms in total. The minimum absolute atomic E-state index is 0.0799. The van der Waals surface area contributed by atoms with Crippen molar-refractivity contribution in [2.75, 3.05) is 27.2 Å². The second kappa shape index (κ2) is 6.20. The molecule has 0 aromatic heterocycles. The van der Waals surface area contributed by atoms with Gasteiger partial charge in [-0.15, -0.1) is 0 Å². The van der Waals surface area contributed by atoms with Crippen LogP contribution in [0.1, 0.15) is 16.8 Å². The Hall–Kier alpha value is -1.62. The van der Waals surface area contributed by atoms with E-state index in [0.717, 1.165) is 19.0 Å². The highest BCUT2D eigenvalue weighted by Gasteiger charge is 2.16. The molecule has 0 bridgehead atoms. The number of nitrogens with zero attached hydrogens (tertiary/aromatic N) is 1. The zero-order valence-corrected chi connectivity index (χ0v) is 9.94. The molecule has 0 heterocycles. The van der Waals surface area contributed by atoms with Gasteiger partial charge in [0.05, 0.1) is 6.61 Å². The van der Waals surface area contributed by atoms with E-state index in [1.807, 2.05) is 19.0 Å². The van der Waals surface area contributed by atoms with E-state index in [1.54, 1.807) is 0 Å². The average Bonchev–Trinajstić information content (AvgIpc) is 2.23. The molecule has 94 valence electrons. The van der Waals surface area contributed by atoms with Crippen LogP contribution in [0.3, 0.4) is 0 Å². The van der Waals surface area contributed by atoms with Gasteiger partial charge in [0.15, 0.2) is 0 Å². The highest BCUT2D eigenvalue weighted by molar-refractivity contribution is 5.91.